The summed E-state index contributed by atoms with van der Waals surface area (Å²) in [6.45, 7) is 4.73. The molecule has 2 aromatic carbocycles. The highest BCUT2D eigenvalue weighted by molar-refractivity contribution is 9.10. The van der Waals surface area contributed by atoms with Crippen molar-refractivity contribution in [2.45, 2.75) is 26.7 Å². The third-order valence-electron chi connectivity index (χ3n) is 3.57. The van der Waals surface area contributed by atoms with Crippen molar-refractivity contribution in [3.8, 4) is 0 Å². The number of urea groups is 1. The van der Waals surface area contributed by atoms with Gasteiger partial charge in [-0.15, -0.1) is 0 Å². The molecule has 22 heavy (non-hydrogen) atoms. The van der Waals surface area contributed by atoms with Crippen LogP contribution in [0.2, 0.25) is 0 Å². The standard InChI is InChI=1S/C18H21BrN2O/c1-3-14-4-6-15(7-5-14)10-11-20-18(22)21-17-9-8-16(19)12-13(17)2/h4-9,12H,3,10-11H2,1-2H3,(H2,20,21,22). The van der Waals surface area contributed by atoms with Gasteiger partial charge >= 0.3 is 6.03 Å². The monoisotopic (exact) mass is 360 g/mol. The number of carbonyl (C=O) groups is 1. The lowest BCUT2D eigenvalue weighted by molar-refractivity contribution is 0.252. The van der Waals surface area contributed by atoms with E-state index in [1.807, 2.05) is 25.1 Å². The van der Waals surface area contributed by atoms with Crippen molar-refractivity contribution in [2.24, 2.45) is 0 Å². The van der Waals surface area contributed by atoms with Crippen LogP contribution >= 0.6 is 15.9 Å². The normalized spacial score (nSPS) is 10.3. The number of nitrogens with one attached hydrogen (secondary N) is 2. The molecule has 0 aliphatic rings. The molecule has 2 aromatic rings. The van der Waals surface area contributed by atoms with Gasteiger partial charge in [0.2, 0.25) is 0 Å². The van der Waals surface area contributed by atoms with E-state index in [-0.39, 0.29) is 6.03 Å². The fourth-order valence-electron chi connectivity index (χ4n) is 2.20. The summed E-state index contributed by atoms with van der Waals surface area (Å²) >= 11 is 3.41. The molecule has 2 N–H and O–H groups in total. The summed E-state index contributed by atoms with van der Waals surface area (Å²) in [7, 11) is 0. The number of aryl methyl sites for hydroxylation is 2. The second-order valence-corrected chi connectivity index (χ2v) is 6.18. The molecule has 0 aliphatic heterocycles. The highest BCUT2D eigenvalue weighted by Gasteiger charge is 2.04. The summed E-state index contributed by atoms with van der Waals surface area (Å²) < 4.78 is 1.01. The van der Waals surface area contributed by atoms with E-state index in [9.17, 15) is 4.79 Å². The lowest BCUT2D eigenvalue weighted by Crippen LogP contribution is -2.30. The molecule has 0 radical (unpaired) electrons. The van der Waals surface area contributed by atoms with Crippen molar-refractivity contribution >= 4 is 27.6 Å². The molecule has 0 spiro atoms. The lowest BCUT2D eigenvalue weighted by atomic mass is 10.1. The predicted molar refractivity (Wildman–Crippen MR) is 95.4 cm³/mol. The van der Waals surface area contributed by atoms with E-state index >= 15 is 0 Å². The van der Waals surface area contributed by atoms with Gasteiger partial charge in [-0.05, 0) is 54.7 Å². The predicted octanol–water partition coefficient (Wildman–Crippen LogP) is 4.68. The van der Waals surface area contributed by atoms with Crippen LogP contribution in [-0.2, 0) is 12.8 Å². The smallest absolute Gasteiger partial charge is 0.319 e. The van der Waals surface area contributed by atoms with Gasteiger partial charge in [0.05, 0.1) is 0 Å². The first-order valence-corrected chi connectivity index (χ1v) is 8.26. The molecule has 0 bridgehead atoms. The Morgan fingerprint density at radius 1 is 1.09 bits per heavy atom. The number of amides is 2. The summed E-state index contributed by atoms with van der Waals surface area (Å²) in [6, 6.07) is 14.1. The minimum absolute atomic E-state index is 0.171. The van der Waals surface area contributed by atoms with E-state index in [0.717, 1.165) is 28.6 Å². The molecule has 0 saturated heterocycles. The SMILES string of the molecule is CCc1ccc(CCNC(=O)Nc2ccc(Br)cc2C)cc1. The van der Waals surface area contributed by atoms with Crippen molar-refractivity contribution in [1.82, 2.24) is 5.32 Å². The van der Waals surface area contributed by atoms with Gasteiger partial charge in [-0.25, -0.2) is 4.79 Å². The number of rotatable bonds is 5. The van der Waals surface area contributed by atoms with Gasteiger partial charge in [0, 0.05) is 16.7 Å². The second kappa shape index (κ2) is 7.99. The number of carbonyl (C=O) groups excluding carboxylic acids is 1. The zero-order valence-electron chi connectivity index (χ0n) is 12.9. The molecule has 0 aliphatic carbocycles. The van der Waals surface area contributed by atoms with E-state index < -0.39 is 0 Å². The van der Waals surface area contributed by atoms with E-state index in [1.54, 1.807) is 0 Å². The number of hydrogen-bond acceptors (Lipinski definition) is 1. The second-order valence-electron chi connectivity index (χ2n) is 5.26. The zero-order chi connectivity index (χ0) is 15.9. The first-order valence-electron chi connectivity index (χ1n) is 7.47. The van der Waals surface area contributed by atoms with Crippen molar-refractivity contribution in [2.75, 3.05) is 11.9 Å². The minimum Gasteiger partial charge on any atom is -0.338 e. The molecule has 3 nitrogen and oxygen atoms in total. The first-order chi connectivity index (χ1) is 10.6. The van der Waals surface area contributed by atoms with Crippen molar-refractivity contribution < 1.29 is 4.79 Å². The number of benzene rings is 2. The van der Waals surface area contributed by atoms with E-state index in [4.69, 9.17) is 0 Å². The van der Waals surface area contributed by atoms with Crippen LogP contribution in [0.5, 0.6) is 0 Å². The lowest BCUT2D eigenvalue weighted by Gasteiger charge is -2.10. The molecule has 116 valence electrons. The maximum Gasteiger partial charge on any atom is 0.319 e. The maximum absolute atomic E-state index is 11.9. The van der Waals surface area contributed by atoms with Gasteiger partial charge in [0.25, 0.3) is 0 Å². The summed E-state index contributed by atoms with van der Waals surface area (Å²) in [5.74, 6) is 0. The molecule has 0 heterocycles. The van der Waals surface area contributed by atoms with Crippen LogP contribution in [0.3, 0.4) is 0 Å². The molecule has 0 fully saturated rings. The van der Waals surface area contributed by atoms with Gasteiger partial charge in [0.1, 0.15) is 0 Å². The maximum atomic E-state index is 11.9. The Hall–Kier alpha value is -1.81. The van der Waals surface area contributed by atoms with E-state index in [2.05, 4.69) is 57.8 Å². The third-order valence-corrected chi connectivity index (χ3v) is 4.06. The third kappa shape index (κ3) is 4.88. The summed E-state index contributed by atoms with van der Waals surface area (Å²) in [4.78, 5) is 11.9. The van der Waals surface area contributed by atoms with Gasteiger partial charge < -0.3 is 10.6 Å². The van der Waals surface area contributed by atoms with E-state index in [1.165, 1.54) is 11.1 Å². The summed E-state index contributed by atoms with van der Waals surface area (Å²) in [6.07, 6.45) is 1.88. The summed E-state index contributed by atoms with van der Waals surface area (Å²) in [5, 5.41) is 5.76. The van der Waals surface area contributed by atoms with Crippen LogP contribution in [0.25, 0.3) is 0 Å². The van der Waals surface area contributed by atoms with Crippen LogP contribution in [0.4, 0.5) is 10.5 Å². The molecule has 0 atom stereocenters. The van der Waals surface area contributed by atoms with Gasteiger partial charge in [-0.2, -0.15) is 0 Å². The summed E-state index contributed by atoms with van der Waals surface area (Å²) in [5.41, 5.74) is 4.42. The Balaban J connectivity index is 1.79. The van der Waals surface area contributed by atoms with Gasteiger partial charge in [-0.3, -0.25) is 0 Å². The quantitative estimate of drug-likeness (QED) is 0.797. The fraction of sp³-hybridized carbons (Fsp3) is 0.278. The van der Waals surface area contributed by atoms with Gasteiger partial charge in [0.15, 0.2) is 0 Å². The van der Waals surface area contributed by atoms with Crippen LogP contribution in [0.15, 0.2) is 46.9 Å². The Kier molecular flexibility index (Phi) is 6.01. The molecule has 2 rings (SSSR count). The largest absolute Gasteiger partial charge is 0.338 e. The molecule has 4 heteroatoms. The Labute approximate surface area is 140 Å². The Morgan fingerprint density at radius 2 is 1.77 bits per heavy atom. The van der Waals surface area contributed by atoms with Crippen LogP contribution in [0.1, 0.15) is 23.6 Å². The van der Waals surface area contributed by atoms with Crippen LogP contribution in [-0.4, -0.2) is 12.6 Å². The highest BCUT2D eigenvalue weighted by Crippen LogP contribution is 2.19. The molecular weight excluding hydrogens is 340 g/mol. The highest BCUT2D eigenvalue weighted by atomic mass is 79.9. The van der Waals surface area contributed by atoms with Crippen molar-refractivity contribution in [3.05, 3.63) is 63.6 Å². The molecule has 2 amide bonds. The van der Waals surface area contributed by atoms with Gasteiger partial charge in [-0.1, -0.05) is 47.1 Å². The Bertz CT molecular complexity index is 638. The number of hydrogen-bond donors (Lipinski definition) is 2. The molecule has 0 unspecified atom stereocenters. The average Bonchev–Trinajstić information content (AvgIpc) is 2.51. The molecule has 0 aromatic heterocycles. The van der Waals surface area contributed by atoms with Crippen LogP contribution in [0, 0.1) is 6.92 Å². The number of anilines is 1. The number of halogens is 1. The molecular formula is C18H21BrN2O. The van der Waals surface area contributed by atoms with E-state index in [0.29, 0.717) is 6.54 Å². The minimum atomic E-state index is -0.171. The average molecular weight is 361 g/mol. The molecule has 0 saturated carbocycles. The van der Waals surface area contributed by atoms with Crippen LogP contribution < -0.4 is 10.6 Å². The Morgan fingerprint density at radius 3 is 2.41 bits per heavy atom. The van der Waals surface area contributed by atoms with Crippen molar-refractivity contribution in [1.29, 1.82) is 0 Å². The fourth-order valence-corrected chi connectivity index (χ4v) is 2.67. The van der Waals surface area contributed by atoms with Crippen molar-refractivity contribution in [3.63, 3.8) is 0 Å². The zero-order valence-corrected chi connectivity index (χ0v) is 14.5. The first kappa shape index (κ1) is 16.6. The topological polar surface area (TPSA) is 41.1 Å².